The summed E-state index contributed by atoms with van der Waals surface area (Å²) in [5, 5.41) is 5.12. The maximum absolute atomic E-state index is 13.7. The van der Waals surface area contributed by atoms with E-state index in [9.17, 15) is 9.18 Å². The molecule has 1 N–H and O–H groups in total. The van der Waals surface area contributed by atoms with Gasteiger partial charge in [-0.25, -0.2) is 9.18 Å². The monoisotopic (exact) mass is 342 g/mol. The highest BCUT2D eigenvalue weighted by Crippen LogP contribution is 2.22. The summed E-state index contributed by atoms with van der Waals surface area (Å²) in [5.41, 5.74) is 1.09. The lowest BCUT2D eigenvalue weighted by Gasteiger charge is -2.19. The minimum absolute atomic E-state index is 0.0669. The van der Waals surface area contributed by atoms with Crippen molar-refractivity contribution in [2.45, 2.75) is 6.54 Å². The first kappa shape index (κ1) is 16.3. The molecule has 24 heavy (non-hydrogen) atoms. The van der Waals surface area contributed by atoms with Crippen LogP contribution in [0, 0.1) is 5.82 Å². The molecule has 0 atom stereocenters. The summed E-state index contributed by atoms with van der Waals surface area (Å²) < 4.78 is 13.7. The Kier molecular flexibility index (Phi) is 4.67. The van der Waals surface area contributed by atoms with Crippen LogP contribution in [0.4, 0.5) is 14.9 Å². The average Bonchev–Trinajstić information content (AvgIpc) is 2.58. The summed E-state index contributed by atoms with van der Waals surface area (Å²) in [5.74, 6) is -0.522. The van der Waals surface area contributed by atoms with E-state index in [1.54, 1.807) is 7.05 Å². The second kappa shape index (κ2) is 6.89. The van der Waals surface area contributed by atoms with Crippen LogP contribution in [-0.2, 0) is 6.54 Å². The molecular formula is C19H16ClFN2O. The van der Waals surface area contributed by atoms with Crippen LogP contribution in [0.3, 0.4) is 0 Å². The fraction of sp³-hybridized carbons (Fsp3) is 0.105. The van der Waals surface area contributed by atoms with Gasteiger partial charge < -0.3 is 10.2 Å². The number of benzene rings is 3. The molecule has 0 aliphatic rings. The Morgan fingerprint density at radius 3 is 2.71 bits per heavy atom. The molecule has 3 aromatic carbocycles. The van der Waals surface area contributed by atoms with Gasteiger partial charge in [-0.2, -0.15) is 0 Å². The first-order valence-corrected chi connectivity index (χ1v) is 7.86. The number of hydrogen-bond donors (Lipinski definition) is 1. The third-order valence-electron chi connectivity index (χ3n) is 3.80. The molecule has 3 rings (SSSR count). The van der Waals surface area contributed by atoms with Crippen molar-refractivity contribution in [1.29, 1.82) is 0 Å². The van der Waals surface area contributed by atoms with Gasteiger partial charge in [-0.15, -0.1) is 0 Å². The van der Waals surface area contributed by atoms with Crippen LogP contribution in [0.25, 0.3) is 10.8 Å². The number of rotatable bonds is 3. The van der Waals surface area contributed by atoms with E-state index in [0.717, 1.165) is 16.3 Å². The second-order valence-electron chi connectivity index (χ2n) is 5.55. The first-order chi connectivity index (χ1) is 11.5. The quantitative estimate of drug-likeness (QED) is 0.688. The normalized spacial score (nSPS) is 10.6. The molecule has 0 aromatic heterocycles. The Morgan fingerprint density at radius 1 is 1.12 bits per heavy atom. The third-order valence-corrected chi connectivity index (χ3v) is 4.04. The Morgan fingerprint density at radius 2 is 1.88 bits per heavy atom. The molecule has 0 saturated carbocycles. The maximum Gasteiger partial charge on any atom is 0.321 e. The van der Waals surface area contributed by atoms with E-state index in [2.05, 4.69) is 5.32 Å². The molecule has 5 heteroatoms. The first-order valence-electron chi connectivity index (χ1n) is 7.48. The van der Waals surface area contributed by atoms with Gasteiger partial charge in [-0.3, -0.25) is 0 Å². The van der Waals surface area contributed by atoms with Crippen molar-refractivity contribution in [2.75, 3.05) is 12.4 Å². The number of carbonyl (C=O) groups is 1. The number of amides is 2. The van der Waals surface area contributed by atoms with Gasteiger partial charge in [-0.1, -0.05) is 54.1 Å². The summed E-state index contributed by atoms with van der Waals surface area (Å²) in [6.07, 6.45) is 0. The molecule has 0 bridgehead atoms. The van der Waals surface area contributed by atoms with Gasteiger partial charge in [-0.05, 0) is 34.5 Å². The van der Waals surface area contributed by atoms with Gasteiger partial charge in [0.2, 0.25) is 0 Å². The molecule has 122 valence electrons. The van der Waals surface area contributed by atoms with Crippen molar-refractivity contribution in [3.63, 3.8) is 0 Å². The highest BCUT2D eigenvalue weighted by molar-refractivity contribution is 6.30. The highest BCUT2D eigenvalue weighted by atomic mass is 35.5. The van der Waals surface area contributed by atoms with Crippen molar-refractivity contribution in [3.05, 3.63) is 77.1 Å². The van der Waals surface area contributed by atoms with E-state index in [4.69, 9.17) is 11.6 Å². The largest absolute Gasteiger partial charge is 0.323 e. The van der Waals surface area contributed by atoms with E-state index in [0.29, 0.717) is 11.6 Å². The predicted molar refractivity (Wildman–Crippen MR) is 95.8 cm³/mol. The Labute approximate surface area is 144 Å². The van der Waals surface area contributed by atoms with E-state index in [1.807, 2.05) is 42.5 Å². The fourth-order valence-corrected chi connectivity index (χ4v) is 2.73. The van der Waals surface area contributed by atoms with Gasteiger partial charge in [0.1, 0.15) is 5.82 Å². The molecule has 0 fully saturated rings. The lowest BCUT2D eigenvalue weighted by atomic mass is 10.0. The number of fused-ring (bicyclic) bond motifs is 1. The minimum Gasteiger partial charge on any atom is -0.323 e. The molecule has 0 aliphatic heterocycles. The van der Waals surface area contributed by atoms with E-state index in [1.165, 1.54) is 23.1 Å². The standard InChI is InChI=1S/C19H16ClFN2O/c1-23(19(24)22-18-11-15(20)9-10-17(18)21)12-14-7-4-6-13-5-2-3-8-16(13)14/h2-11H,12H2,1H3,(H,22,24). The number of anilines is 1. The zero-order valence-electron chi connectivity index (χ0n) is 13.1. The van der Waals surface area contributed by atoms with Crippen molar-refractivity contribution >= 4 is 34.1 Å². The van der Waals surface area contributed by atoms with Gasteiger partial charge >= 0.3 is 6.03 Å². The summed E-state index contributed by atoms with van der Waals surface area (Å²) in [4.78, 5) is 13.8. The lowest BCUT2D eigenvalue weighted by Crippen LogP contribution is -2.31. The molecule has 3 nitrogen and oxygen atoms in total. The number of halogens is 2. The molecule has 0 radical (unpaired) electrons. The van der Waals surface area contributed by atoms with Crippen LogP contribution in [-0.4, -0.2) is 18.0 Å². The lowest BCUT2D eigenvalue weighted by molar-refractivity contribution is 0.220. The molecule has 2 amide bonds. The van der Waals surface area contributed by atoms with Gasteiger partial charge in [0.15, 0.2) is 0 Å². The molecule has 0 heterocycles. The minimum atomic E-state index is -0.522. The molecule has 0 aliphatic carbocycles. The third kappa shape index (κ3) is 3.49. The van der Waals surface area contributed by atoms with Crippen LogP contribution in [0.15, 0.2) is 60.7 Å². The van der Waals surface area contributed by atoms with E-state index < -0.39 is 11.8 Å². The smallest absolute Gasteiger partial charge is 0.321 e. The van der Waals surface area contributed by atoms with E-state index in [-0.39, 0.29) is 5.69 Å². The number of carbonyl (C=O) groups excluding carboxylic acids is 1. The Hall–Kier alpha value is -2.59. The zero-order chi connectivity index (χ0) is 17.1. The average molecular weight is 343 g/mol. The molecule has 0 saturated heterocycles. The van der Waals surface area contributed by atoms with E-state index >= 15 is 0 Å². The summed E-state index contributed by atoms with van der Waals surface area (Å²) in [6.45, 7) is 0.412. The summed E-state index contributed by atoms with van der Waals surface area (Å²) in [7, 11) is 1.67. The Bertz CT molecular complexity index is 892. The van der Waals surface area contributed by atoms with Crippen LogP contribution in [0.1, 0.15) is 5.56 Å². The number of hydrogen-bond acceptors (Lipinski definition) is 1. The maximum atomic E-state index is 13.7. The topological polar surface area (TPSA) is 32.3 Å². The SMILES string of the molecule is CN(Cc1cccc2ccccc12)C(=O)Nc1cc(Cl)ccc1F. The van der Waals surface area contributed by atoms with Crippen molar-refractivity contribution in [3.8, 4) is 0 Å². The number of urea groups is 1. The fourth-order valence-electron chi connectivity index (χ4n) is 2.56. The Balaban J connectivity index is 1.77. The summed E-state index contributed by atoms with van der Waals surface area (Å²) >= 11 is 5.84. The highest BCUT2D eigenvalue weighted by Gasteiger charge is 2.13. The predicted octanol–water partition coefficient (Wildman–Crippen LogP) is 5.30. The number of nitrogens with one attached hydrogen (secondary N) is 1. The van der Waals surface area contributed by atoms with Gasteiger partial charge in [0, 0.05) is 18.6 Å². The van der Waals surface area contributed by atoms with Crippen LogP contribution in [0.5, 0.6) is 0 Å². The van der Waals surface area contributed by atoms with Crippen LogP contribution in [0.2, 0.25) is 5.02 Å². The number of nitrogens with zero attached hydrogens (tertiary/aromatic N) is 1. The summed E-state index contributed by atoms with van der Waals surface area (Å²) in [6, 6.07) is 17.6. The zero-order valence-corrected chi connectivity index (χ0v) is 13.8. The van der Waals surface area contributed by atoms with Crippen molar-refractivity contribution in [2.24, 2.45) is 0 Å². The van der Waals surface area contributed by atoms with Crippen molar-refractivity contribution in [1.82, 2.24) is 4.90 Å². The van der Waals surface area contributed by atoms with Gasteiger partial charge in [0.25, 0.3) is 0 Å². The van der Waals surface area contributed by atoms with Crippen LogP contribution >= 0.6 is 11.6 Å². The second-order valence-corrected chi connectivity index (χ2v) is 5.99. The van der Waals surface area contributed by atoms with Gasteiger partial charge in [0.05, 0.1) is 5.69 Å². The molecule has 0 spiro atoms. The molecular weight excluding hydrogens is 327 g/mol. The van der Waals surface area contributed by atoms with Crippen LogP contribution < -0.4 is 5.32 Å². The molecule has 0 unspecified atom stereocenters. The molecule has 3 aromatic rings. The van der Waals surface area contributed by atoms with Crippen molar-refractivity contribution < 1.29 is 9.18 Å².